The number of aryl methyl sites for hydroxylation is 1. The Bertz CT molecular complexity index is 834. The van der Waals surface area contributed by atoms with Gasteiger partial charge in [-0.05, 0) is 19.1 Å². The van der Waals surface area contributed by atoms with Crippen LogP contribution in [0.2, 0.25) is 5.02 Å². The van der Waals surface area contributed by atoms with E-state index >= 15 is 0 Å². The predicted molar refractivity (Wildman–Crippen MR) is 109 cm³/mol. The summed E-state index contributed by atoms with van der Waals surface area (Å²) in [5.74, 6) is 0. The maximum Gasteiger partial charge on any atom is 0.0770 e. The number of hydrogen-bond acceptors (Lipinski definition) is 6. The lowest BCUT2D eigenvalue weighted by atomic mass is 10.1. The molecule has 8 heteroatoms. The van der Waals surface area contributed by atoms with Crippen molar-refractivity contribution in [3.63, 3.8) is 0 Å². The van der Waals surface area contributed by atoms with Gasteiger partial charge < -0.3 is 20.4 Å². The highest BCUT2D eigenvalue weighted by atomic mass is 35.5. The average Bonchev–Trinajstić information content (AvgIpc) is 3.01. The summed E-state index contributed by atoms with van der Waals surface area (Å²) in [5, 5.41) is 16.0. The van der Waals surface area contributed by atoms with Crippen LogP contribution in [-0.2, 0) is 11.8 Å². The van der Waals surface area contributed by atoms with Crippen LogP contribution in [0, 0.1) is 5.41 Å². The Balaban J connectivity index is 1.57. The molecular formula is C19H25ClN6O. The smallest absolute Gasteiger partial charge is 0.0770 e. The largest absolute Gasteiger partial charge is 0.378 e. The molecule has 3 heterocycles. The van der Waals surface area contributed by atoms with Gasteiger partial charge in [-0.2, -0.15) is 5.10 Å². The fourth-order valence-electron chi connectivity index (χ4n) is 3.84. The van der Waals surface area contributed by atoms with Crippen LogP contribution in [0.1, 0.15) is 12.5 Å². The van der Waals surface area contributed by atoms with E-state index in [1.54, 1.807) is 10.9 Å². The molecule has 0 amide bonds. The Kier molecular flexibility index (Phi) is 5.08. The van der Waals surface area contributed by atoms with Gasteiger partial charge >= 0.3 is 0 Å². The van der Waals surface area contributed by atoms with Crippen LogP contribution in [0.25, 0.3) is 0 Å². The number of hydrogen-bond donors (Lipinski definition) is 2. The lowest BCUT2D eigenvalue weighted by Crippen LogP contribution is -2.60. The number of rotatable bonds is 5. The lowest BCUT2D eigenvalue weighted by molar-refractivity contribution is -0.0792. The van der Waals surface area contributed by atoms with Crippen LogP contribution in [0.5, 0.6) is 0 Å². The van der Waals surface area contributed by atoms with Gasteiger partial charge in [-0.25, -0.2) is 0 Å². The predicted octanol–water partition coefficient (Wildman–Crippen LogP) is 2.72. The molecule has 0 spiro atoms. The molecule has 0 saturated carbocycles. The van der Waals surface area contributed by atoms with Crippen LogP contribution >= 0.6 is 11.6 Å². The van der Waals surface area contributed by atoms with E-state index < -0.39 is 0 Å². The van der Waals surface area contributed by atoms with E-state index in [0.717, 1.165) is 55.5 Å². The molecular weight excluding hydrogens is 364 g/mol. The third-order valence-corrected chi connectivity index (χ3v) is 5.67. The van der Waals surface area contributed by atoms with E-state index in [2.05, 4.69) is 27.1 Å². The number of halogens is 1. The van der Waals surface area contributed by atoms with Gasteiger partial charge in [0, 0.05) is 56.4 Å². The Labute approximate surface area is 164 Å². The Morgan fingerprint density at radius 3 is 2.74 bits per heavy atom. The molecule has 2 aliphatic rings. The monoisotopic (exact) mass is 388 g/mol. The number of aromatic nitrogens is 2. The number of ether oxygens (including phenoxy) is 1. The minimum Gasteiger partial charge on any atom is -0.378 e. The van der Waals surface area contributed by atoms with E-state index in [0.29, 0.717) is 17.1 Å². The van der Waals surface area contributed by atoms with Gasteiger partial charge in [0.05, 0.1) is 41.8 Å². The first kappa shape index (κ1) is 18.3. The summed E-state index contributed by atoms with van der Waals surface area (Å²) in [6.45, 7) is 6.81. The molecule has 1 unspecified atom stereocenters. The van der Waals surface area contributed by atoms with Crippen LogP contribution in [0.3, 0.4) is 0 Å². The van der Waals surface area contributed by atoms with Gasteiger partial charge in [0.15, 0.2) is 0 Å². The molecule has 2 aliphatic heterocycles. The summed E-state index contributed by atoms with van der Waals surface area (Å²) in [5.41, 5.74) is 3.51. The van der Waals surface area contributed by atoms with Crippen molar-refractivity contribution in [2.24, 2.45) is 7.05 Å². The number of nitrogens with zero attached hydrogens (tertiary/aromatic N) is 4. The quantitative estimate of drug-likeness (QED) is 0.771. The van der Waals surface area contributed by atoms with Gasteiger partial charge in [-0.1, -0.05) is 11.6 Å². The third-order valence-electron chi connectivity index (χ3n) is 5.37. The maximum atomic E-state index is 7.72. The Morgan fingerprint density at radius 2 is 2.15 bits per heavy atom. The van der Waals surface area contributed by atoms with E-state index in [1.165, 1.54) is 6.21 Å². The van der Waals surface area contributed by atoms with Gasteiger partial charge in [-0.15, -0.1) is 0 Å². The van der Waals surface area contributed by atoms with Crippen LogP contribution < -0.4 is 10.2 Å². The zero-order valence-corrected chi connectivity index (χ0v) is 16.4. The molecule has 4 rings (SSSR count). The van der Waals surface area contributed by atoms with E-state index in [9.17, 15) is 0 Å². The SMILES string of the molecule is CC1CN(c2cc(Nc3cnn(C)c3)c(C=N)cc2Cl)CCN1C1COC1. The van der Waals surface area contributed by atoms with Crippen LogP contribution in [-0.4, -0.2) is 65.8 Å². The molecule has 0 aliphatic carbocycles. The second-order valence-corrected chi connectivity index (χ2v) is 7.69. The number of benzene rings is 1. The van der Waals surface area contributed by atoms with Gasteiger partial charge in [0.2, 0.25) is 0 Å². The molecule has 1 atom stereocenters. The first-order valence-corrected chi connectivity index (χ1v) is 9.61. The fraction of sp³-hybridized carbons (Fsp3) is 0.474. The zero-order chi connectivity index (χ0) is 19.0. The maximum absolute atomic E-state index is 7.72. The summed E-state index contributed by atoms with van der Waals surface area (Å²) in [6.07, 6.45) is 5.00. The normalized spacial score (nSPS) is 21.1. The van der Waals surface area contributed by atoms with Gasteiger partial charge in [0.25, 0.3) is 0 Å². The highest BCUT2D eigenvalue weighted by Crippen LogP contribution is 2.34. The van der Waals surface area contributed by atoms with Crippen molar-refractivity contribution in [3.05, 3.63) is 35.1 Å². The van der Waals surface area contributed by atoms with Crippen LogP contribution in [0.15, 0.2) is 24.5 Å². The van der Waals surface area contributed by atoms with E-state index in [-0.39, 0.29) is 0 Å². The first-order chi connectivity index (χ1) is 13.0. The number of piperazine rings is 1. The second-order valence-electron chi connectivity index (χ2n) is 7.29. The highest BCUT2D eigenvalue weighted by molar-refractivity contribution is 6.33. The second kappa shape index (κ2) is 7.50. The van der Waals surface area contributed by atoms with Crippen molar-refractivity contribution in [1.29, 1.82) is 5.41 Å². The number of anilines is 3. The van der Waals surface area contributed by atoms with Crippen molar-refractivity contribution in [2.75, 3.05) is 43.1 Å². The van der Waals surface area contributed by atoms with E-state index in [4.69, 9.17) is 21.7 Å². The first-order valence-electron chi connectivity index (χ1n) is 9.23. The van der Waals surface area contributed by atoms with Gasteiger partial charge in [0.1, 0.15) is 0 Å². The highest BCUT2D eigenvalue weighted by Gasteiger charge is 2.33. The fourth-order valence-corrected chi connectivity index (χ4v) is 4.13. The number of nitrogens with one attached hydrogen (secondary N) is 2. The molecule has 2 saturated heterocycles. The summed E-state index contributed by atoms with van der Waals surface area (Å²) < 4.78 is 7.10. The molecule has 0 radical (unpaired) electrons. The van der Waals surface area contributed by atoms with Crippen molar-refractivity contribution in [1.82, 2.24) is 14.7 Å². The van der Waals surface area contributed by atoms with Gasteiger partial charge in [-0.3, -0.25) is 9.58 Å². The summed E-state index contributed by atoms with van der Waals surface area (Å²) in [6, 6.07) is 4.91. The molecule has 1 aromatic carbocycles. The molecule has 27 heavy (non-hydrogen) atoms. The van der Waals surface area contributed by atoms with Crippen LogP contribution in [0.4, 0.5) is 17.1 Å². The lowest BCUT2D eigenvalue weighted by Gasteiger charge is -2.47. The zero-order valence-electron chi connectivity index (χ0n) is 15.7. The van der Waals surface area contributed by atoms with E-state index in [1.807, 2.05) is 25.4 Å². The molecule has 2 fully saturated rings. The standard InChI is InChI=1S/C19H25ClN6O/c1-13-9-25(3-4-26(13)16-11-27-12-16)19-6-18(14(7-21)5-17(19)20)23-15-8-22-24(2)10-15/h5-8,10,13,16,21,23H,3-4,9,11-12H2,1-2H3. The minimum absolute atomic E-state index is 0.445. The van der Waals surface area contributed by atoms with Crippen molar-refractivity contribution < 1.29 is 4.74 Å². The molecule has 144 valence electrons. The topological polar surface area (TPSA) is 69.4 Å². The molecule has 2 aromatic rings. The summed E-state index contributed by atoms with van der Waals surface area (Å²) >= 11 is 6.58. The summed E-state index contributed by atoms with van der Waals surface area (Å²) in [7, 11) is 1.88. The molecule has 0 bridgehead atoms. The van der Waals surface area contributed by atoms with Crippen molar-refractivity contribution in [3.8, 4) is 0 Å². The molecule has 1 aromatic heterocycles. The Hall–Kier alpha value is -2.09. The summed E-state index contributed by atoms with van der Waals surface area (Å²) in [4.78, 5) is 4.87. The minimum atomic E-state index is 0.445. The van der Waals surface area contributed by atoms with Crippen molar-refractivity contribution >= 4 is 34.9 Å². The van der Waals surface area contributed by atoms with Crippen molar-refractivity contribution in [2.45, 2.75) is 19.0 Å². The average molecular weight is 389 g/mol. The third kappa shape index (κ3) is 3.67. The molecule has 7 nitrogen and oxygen atoms in total. The Morgan fingerprint density at radius 1 is 1.33 bits per heavy atom. The molecule has 2 N–H and O–H groups in total.